The number of aldehydes is 1. The van der Waals surface area contributed by atoms with Gasteiger partial charge in [-0.2, -0.15) is 0 Å². The summed E-state index contributed by atoms with van der Waals surface area (Å²) in [4.78, 5) is 21.8. The molecule has 0 aliphatic heterocycles. The predicted octanol–water partition coefficient (Wildman–Crippen LogP) is 2.49. The van der Waals surface area contributed by atoms with Gasteiger partial charge in [0.2, 0.25) is 0 Å². The molecule has 0 aliphatic rings. The summed E-state index contributed by atoms with van der Waals surface area (Å²) in [5.41, 5.74) is 0.390. The van der Waals surface area contributed by atoms with Gasteiger partial charge in [-0.15, -0.1) is 0 Å². The number of methoxy groups -OCH3 is 1. The van der Waals surface area contributed by atoms with Gasteiger partial charge in [-0.1, -0.05) is 0 Å². The zero-order valence-corrected chi connectivity index (χ0v) is 10.1. The third-order valence-electron chi connectivity index (χ3n) is 1.69. The fourth-order valence-corrected chi connectivity index (χ4v) is 2.15. The van der Waals surface area contributed by atoms with Crippen molar-refractivity contribution in [2.24, 2.45) is 0 Å². The van der Waals surface area contributed by atoms with Gasteiger partial charge in [-0.25, -0.2) is 0 Å². The number of hydrogen-bond acceptors (Lipinski definition) is 3. The second-order valence-corrected chi connectivity index (χ2v) is 3.94. The van der Waals surface area contributed by atoms with Crippen molar-refractivity contribution in [2.45, 2.75) is 0 Å². The summed E-state index contributed by atoms with van der Waals surface area (Å²) in [5, 5.41) is -0.657. The van der Waals surface area contributed by atoms with Crippen LogP contribution in [0.5, 0.6) is 5.75 Å². The number of benzene rings is 1. The maximum absolute atomic E-state index is 11.1. The normalized spacial score (nSPS) is 9.64. The van der Waals surface area contributed by atoms with Crippen LogP contribution in [0.15, 0.2) is 12.1 Å². The molecule has 5 heteroatoms. The molecule has 0 spiro atoms. The van der Waals surface area contributed by atoms with Crippen molar-refractivity contribution in [1.82, 2.24) is 0 Å². The molecule has 3 nitrogen and oxygen atoms in total. The van der Waals surface area contributed by atoms with Crippen molar-refractivity contribution < 1.29 is 14.3 Å². The van der Waals surface area contributed by atoms with Crippen LogP contribution in [0.3, 0.4) is 0 Å². The van der Waals surface area contributed by atoms with E-state index in [2.05, 4.69) is 0 Å². The van der Waals surface area contributed by atoms with Gasteiger partial charge in [-0.05, 0) is 46.3 Å². The minimum absolute atomic E-state index is 0.194. The average Bonchev–Trinajstić information content (AvgIpc) is 2.16. The third-order valence-corrected chi connectivity index (χ3v) is 2.78. The van der Waals surface area contributed by atoms with Crippen molar-refractivity contribution in [1.29, 1.82) is 0 Å². The van der Waals surface area contributed by atoms with E-state index in [0.717, 1.165) is 0 Å². The first-order chi connectivity index (χ1) is 6.61. The topological polar surface area (TPSA) is 43.4 Å². The number of halogens is 2. The molecule has 1 rings (SSSR count). The van der Waals surface area contributed by atoms with Gasteiger partial charge in [0.15, 0.2) is 6.29 Å². The summed E-state index contributed by atoms with van der Waals surface area (Å²) in [7, 11) is 1.43. The van der Waals surface area contributed by atoms with Crippen LogP contribution in [-0.2, 0) is 0 Å². The number of ether oxygens (including phenoxy) is 1. The Morgan fingerprint density at radius 3 is 2.64 bits per heavy atom. The van der Waals surface area contributed by atoms with Crippen molar-refractivity contribution in [2.75, 3.05) is 7.11 Å². The standard InChI is InChI=1S/C9H6ClIO3/c1-14-7-3-2-6(11)8(9(10)13)5(7)4-12/h2-4H,1H3. The molecule has 0 atom stereocenters. The van der Waals surface area contributed by atoms with E-state index in [4.69, 9.17) is 16.3 Å². The zero-order chi connectivity index (χ0) is 10.7. The lowest BCUT2D eigenvalue weighted by atomic mass is 10.1. The second kappa shape index (κ2) is 4.75. The molecule has 0 unspecified atom stereocenters. The molecule has 0 bridgehead atoms. The van der Waals surface area contributed by atoms with Gasteiger partial charge in [0, 0.05) is 3.57 Å². The van der Waals surface area contributed by atoms with Gasteiger partial charge in [0.25, 0.3) is 5.24 Å². The fraction of sp³-hybridized carbons (Fsp3) is 0.111. The van der Waals surface area contributed by atoms with Gasteiger partial charge in [-0.3, -0.25) is 9.59 Å². The van der Waals surface area contributed by atoms with E-state index in [1.54, 1.807) is 12.1 Å². The molecule has 14 heavy (non-hydrogen) atoms. The first kappa shape index (κ1) is 11.5. The van der Waals surface area contributed by atoms with E-state index in [9.17, 15) is 9.59 Å². The molecule has 1 aromatic rings. The van der Waals surface area contributed by atoms with E-state index >= 15 is 0 Å². The Morgan fingerprint density at radius 2 is 2.21 bits per heavy atom. The number of carbonyl (C=O) groups excluding carboxylic acids is 2. The fourth-order valence-electron chi connectivity index (χ4n) is 1.07. The summed E-state index contributed by atoms with van der Waals surface area (Å²) in [6, 6.07) is 3.29. The highest BCUT2D eigenvalue weighted by atomic mass is 127. The van der Waals surface area contributed by atoms with Crippen LogP contribution < -0.4 is 4.74 Å². The highest BCUT2D eigenvalue weighted by Gasteiger charge is 2.16. The van der Waals surface area contributed by atoms with Crippen molar-refractivity contribution >= 4 is 45.7 Å². The molecule has 0 radical (unpaired) electrons. The minimum Gasteiger partial charge on any atom is -0.496 e. The largest absolute Gasteiger partial charge is 0.496 e. The Kier molecular flexibility index (Phi) is 3.88. The van der Waals surface area contributed by atoms with Crippen LogP contribution in [0.2, 0.25) is 0 Å². The lowest BCUT2D eigenvalue weighted by Gasteiger charge is -2.07. The summed E-state index contributed by atoms with van der Waals surface area (Å²) >= 11 is 7.30. The molecule has 74 valence electrons. The Morgan fingerprint density at radius 1 is 1.57 bits per heavy atom. The molecule has 0 N–H and O–H groups in total. The summed E-state index contributed by atoms with van der Waals surface area (Å²) < 4.78 is 5.57. The zero-order valence-electron chi connectivity index (χ0n) is 7.21. The monoisotopic (exact) mass is 324 g/mol. The van der Waals surface area contributed by atoms with Crippen molar-refractivity contribution in [3.8, 4) is 5.75 Å². The first-order valence-corrected chi connectivity index (χ1v) is 5.09. The average molecular weight is 325 g/mol. The first-order valence-electron chi connectivity index (χ1n) is 3.63. The molecule has 0 aliphatic carbocycles. The third kappa shape index (κ3) is 2.06. The molecule has 0 amide bonds. The summed E-state index contributed by atoms with van der Waals surface area (Å²) in [6.07, 6.45) is 0.566. The molecule has 0 aromatic heterocycles. The molecule has 0 saturated heterocycles. The van der Waals surface area contributed by atoms with Crippen LogP contribution in [-0.4, -0.2) is 18.6 Å². The lowest BCUT2D eigenvalue weighted by molar-refractivity contribution is 0.106. The number of rotatable bonds is 3. The van der Waals surface area contributed by atoms with Crippen LogP contribution in [0, 0.1) is 3.57 Å². The van der Waals surface area contributed by atoms with Gasteiger partial charge < -0.3 is 4.74 Å². The van der Waals surface area contributed by atoms with E-state index in [0.29, 0.717) is 15.6 Å². The van der Waals surface area contributed by atoms with Crippen LogP contribution in [0.25, 0.3) is 0 Å². The summed E-state index contributed by atoms with van der Waals surface area (Å²) in [5.74, 6) is 0.351. The molecule has 0 heterocycles. The molecular weight excluding hydrogens is 318 g/mol. The number of carbonyl (C=O) groups is 2. The minimum atomic E-state index is -0.657. The maximum Gasteiger partial charge on any atom is 0.254 e. The SMILES string of the molecule is COc1ccc(I)c(C(=O)Cl)c1C=O. The Labute approximate surface area is 99.5 Å². The Bertz CT molecular complexity index is 390. The van der Waals surface area contributed by atoms with Crippen LogP contribution >= 0.6 is 34.2 Å². The molecule has 0 fully saturated rings. The molecule has 0 saturated carbocycles. The highest BCUT2D eigenvalue weighted by Crippen LogP contribution is 2.26. The Balaban J connectivity index is 3.50. The van der Waals surface area contributed by atoms with E-state index in [-0.39, 0.29) is 11.1 Å². The van der Waals surface area contributed by atoms with E-state index < -0.39 is 5.24 Å². The van der Waals surface area contributed by atoms with Crippen molar-refractivity contribution in [3.63, 3.8) is 0 Å². The van der Waals surface area contributed by atoms with E-state index in [1.165, 1.54) is 7.11 Å². The molecular formula is C9H6ClIO3. The second-order valence-electron chi connectivity index (χ2n) is 2.43. The van der Waals surface area contributed by atoms with Gasteiger partial charge in [0.1, 0.15) is 5.75 Å². The van der Waals surface area contributed by atoms with Gasteiger partial charge >= 0.3 is 0 Å². The maximum atomic E-state index is 11.1. The Hall–Kier alpha value is -0.620. The van der Waals surface area contributed by atoms with Crippen LogP contribution in [0.1, 0.15) is 20.7 Å². The number of hydrogen-bond donors (Lipinski definition) is 0. The van der Waals surface area contributed by atoms with Gasteiger partial charge in [0.05, 0.1) is 18.2 Å². The van der Waals surface area contributed by atoms with Crippen molar-refractivity contribution in [3.05, 3.63) is 26.8 Å². The predicted molar refractivity (Wildman–Crippen MR) is 61.3 cm³/mol. The quantitative estimate of drug-likeness (QED) is 0.487. The summed E-state index contributed by atoms with van der Waals surface area (Å²) in [6.45, 7) is 0. The van der Waals surface area contributed by atoms with E-state index in [1.807, 2.05) is 22.6 Å². The lowest BCUT2D eigenvalue weighted by Crippen LogP contribution is -2.02. The molecule has 1 aromatic carbocycles. The smallest absolute Gasteiger partial charge is 0.254 e. The highest BCUT2D eigenvalue weighted by molar-refractivity contribution is 14.1. The van der Waals surface area contributed by atoms with Crippen LogP contribution in [0.4, 0.5) is 0 Å².